The van der Waals surface area contributed by atoms with E-state index in [0.29, 0.717) is 6.42 Å². The Hall–Kier alpha value is -2.27. The van der Waals surface area contributed by atoms with E-state index in [1.807, 2.05) is 30.3 Å². The van der Waals surface area contributed by atoms with Crippen LogP contribution >= 0.6 is 0 Å². The number of benzene rings is 1. The summed E-state index contributed by atoms with van der Waals surface area (Å²) < 4.78 is 0. The van der Waals surface area contributed by atoms with Crippen molar-refractivity contribution in [3.05, 3.63) is 48.3 Å². The standard InChI is InChI=1S/C13H13N3O2/c14-12(13(17)18)7-9-2-1-3-10(6-9)11-4-5-15-16-8-11/h1-6,8,12H,7,14H2,(H,17,18)/t12-/m0/s1. The van der Waals surface area contributed by atoms with Gasteiger partial charge in [0.05, 0.1) is 12.4 Å². The second-order valence-corrected chi connectivity index (χ2v) is 3.98. The third kappa shape index (κ3) is 2.89. The van der Waals surface area contributed by atoms with Gasteiger partial charge in [-0.2, -0.15) is 10.2 Å². The summed E-state index contributed by atoms with van der Waals surface area (Å²) in [5, 5.41) is 16.3. The van der Waals surface area contributed by atoms with Crippen LogP contribution in [0.5, 0.6) is 0 Å². The van der Waals surface area contributed by atoms with E-state index in [4.69, 9.17) is 10.8 Å². The Labute approximate surface area is 104 Å². The average Bonchev–Trinajstić information content (AvgIpc) is 2.40. The van der Waals surface area contributed by atoms with Gasteiger partial charge < -0.3 is 10.8 Å². The number of aliphatic carboxylic acids is 1. The fourth-order valence-corrected chi connectivity index (χ4v) is 1.68. The lowest BCUT2D eigenvalue weighted by atomic mass is 10.0. The Kier molecular flexibility index (Phi) is 3.64. The molecule has 5 nitrogen and oxygen atoms in total. The van der Waals surface area contributed by atoms with E-state index in [2.05, 4.69) is 10.2 Å². The number of nitrogens with two attached hydrogens (primary N) is 1. The van der Waals surface area contributed by atoms with Crippen LogP contribution in [0.2, 0.25) is 0 Å². The summed E-state index contributed by atoms with van der Waals surface area (Å²) >= 11 is 0. The van der Waals surface area contributed by atoms with Crippen molar-refractivity contribution in [1.82, 2.24) is 10.2 Å². The number of aromatic nitrogens is 2. The molecular formula is C13H13N3O2. The Morgan fingerprint density at radius 1 is 1.28 bits per heavy atom. The molecule has 0 bridgehead atoms. The van der Waals surface area contributed by atoms with Gasteiger partial charge in [-0.05, 0) is 23.6 Å². The molecule has 0 fully saturated rings. The monoisotopic (exact) mass is 243 g/mol. The number of hydrogen-bond acceptors (Lipinski definition) is 4. The molecule has 1 aromatic heterocycles. The first kappa shape index (κ1) is 12.2. The minimum absolute atomic E-state index is 0.307. The van der Waals surface area contributed by atoms with E-state index in [9.17, 15) is 4.79 Å². The maximum absolute atomic E-state index is 10.7. The van der Waals surface area contributed by atoms with Crippen molar-refractivity contribution in [2.75, 3.05) is 0 Å². The van der Waals surface area contributed by atoms with E-state index in [0.717, 1.165) is 16.7 Å². The summed E-state index contributed by atoms with van der Waals surface area (Å²) in [6, 6.07) is 8.56. The zero-order chi connectivity index (χ0) is 13.0. The zero-order valence-corrected chi connectivity index (χ0v) is 9.65. The predicted octanol–water partition coefficient (Wildman–Crippen LogP) is 1.10. The van der Waals surface area contributed by atoms with Crippen LogP contribution in [0.25, 0.3) is 11.1 Å². The number of rotatable bonds is 4. The highest BCUT2D eigenvalue weighted by Crippen LogP contribution is 2.19. The molecule has 3 N–H and O–H groups in total. The maximum atomic E-state index is 10.7. The van der Waals surface area contributed by atoms with Crippen LogP contribution in [0.1, 0.15) is 5.56 Å². The molecule has 0 aliphatic heterocycles. The van der Waals surface area contributed by atoms with Gasteiger partial charge in [0.25, 0.3) is 0 Å². The Bertz CT molecular complexity index is 543. The van der Waals surface area contributed by atoms with Crippen molar-refractivity contribution < 1.29 is 9.90 Å². The number of carboxylic acids is 1. The van der Waals surface area contributed by atoms with Gasteiger partial charge in [0.1, 0.15) is 6.04 Å². The first-order valence-electron chi connectivity index (χ1n) is 5.51. The van der Waals surface area contributed by atoms with Gasteiger partial charge in [-0.3, -0.25) is 4.79 Å². The molecule has 2 aromatic rings. The van der Waals surface area contributed by atoms with Crippen molar-refractivity contribution in [3.8, 4) is 11.1 Å². The largest absolute Gasteiger partial charge is 0.480 e. The Morgan fingerprint density at radius 3 is 2.78 bits per heavy atom. The second-order valence-electron chi connectivity index (χ2n) is 3.98. The normalized spacial score (nSPS) is 12.1. The number of carboxylic acid groups (broad SMARTS) is 1. The number of carbonyl (C=O) groups is 1. The molecule has 1 atom stereocenters. The highest BCUT2D eigenvalue weighted by Gasteiger charge is 2.12. The number of nitrogens with zero attached hydrogens (tertiary/aromatic N) is 2. The van der Waals surface area contributed by atoms with E-state index >= 15 is 0 Å². The van der Waals surface area contributed by atoms with Crippen LogP contribution in [-0.4, -0.2) is 27.3 Å². The molecular weight excluding hydrogens is 230 g/mol. The SMILES string of the molecule is N[C@@H](Cc1cccc(-c2ccnnc2)c1)C(=O)O. The Balaban J connectivity index is 2.23. The summed E-state index contributed by atoms with van der Waals surface area (Å²) in [5.41, 5.74) is 8.32. The molecule has 2 rings (SSSR count). The van der Waals surface area contributed by atoms with Gasteiger partial charge in [0, 0.05) is 5.56 Å². The molecule has 0 unspecified atom stereocenters. The van der Waals surface area contributed by atoms with Gasteiger partial charge in [-0.15, -0.1) is 0 Å². The Morgan fingerprint density at radius 2 is 2.11 bits per heavy atom. The summed E-state index contributed by atoms with van der Waals surface area (Å²) in [7, 11) is 0. The fourth-order valence-electron chi connectivity index (χ4n) is 1.68. The van der Waals surface area contributed by atoms with Crippen molar-refractivity contribution in [2.24, 2.45) is 5.73 Å². The van der Waals surface area contributed by atoms with Gasteiger partial charge >= 0.3 is 5.97 Å². The molecule has 18 heavy (non-hydrogen) atoms. The molecule has 0 aliphatic carbocycles. The minimum Gasteiger partial charge on any atom is -0.480 e. The van der Waals surface area contributed by atoms with Crippen molar-refractivity contribution >= 4 is 5.97 Å². The van der Waals surface area contributed by atoms with Crippen molar-refractivity contribution in [1.29, 1.82) is 0 Å². The summed E-state index contributed by atoms with van der Waals surface area (Å²) in [6.45, 7) is 0. The minimum atomic E-state index is -0.994. The molecule has 0 radical (unpaired) electrons. The smallest absolute Gasteiger partial charge is 0.320 e. The maximum Gasteiger partial charge on any atom is 0.320 e. The lowest BCUT2D eigenvalue weighted by molar-refractivity contribution is -0.138. The molecule has 0 saturated heterocycles. The number of hydrogen-bond donors (Lipinski definition) is 2. The molecule has 0 aliphatic rings. The van der Waals surface area contributed by atoms with E-state index in [1.165, 1.54) is 0 Å². The van der Waals surface area contributed by atoms with Gasteiger partial charge in [-0.1, -0.05) is 24.3 Å². The van der Waals surface area contributed by atoms with Crippen LogP contribution in [0.4, 0.5) is 0 Å². The van der Waals surface area contributed by atoms with E-state index in [1.54, 1.807) is 12.4 Å². The molecule has 1 heterocycles. The topological polar surface area (TPSA) is 89.1 Å². The van der Waals surface area contributed by atoms with Gasteiger partial charge in [0.2, 0.25) is 0 Å². The van der Waals surface area contributed by atoms with Gasteiger partial charge in [-0.25, -0.2) is 0 Å². The van der Waals surface area contributed by atoms with Crippen molar-refractivity contribution in [3.63, 3.8) is 0 Å². The van der Waals surface area contributed by atoms with E-state index in [-0.39, 0.29) is 0 Å². The fraction of sp³-hybridized carbons (Fsp3) is 0.154. The summed E-state index contributed by atoms with van der Waals surface area (Å²) in [5.74, 6) is -0.994. The van der Waals surface area contributed by atoms with Crippen molar-refractivity contribution in [2.45, 2.75) is 12.5 Å². The average molecular weight is 243 g/mol. The molecule has 0 amide bonds. The van der Waals surface area contributed by atoms with Crippen LogP contribution in [0.3, 0.4) is 0 Å². The lowest BCUT2D eigenvalue weighted by Crippen LogP contribution is -2.32. The molecule has 1 aromatic carbocycles. The van der Waals surface area contributed by atoms with Crippen LogP contribution < -0.4 is 5.73 Å². The second kappa shape index (κ2) is 5.37. The molecule has 0 saturated carbocycles. The zero-order valence-electron chi connectivity index (χ0n) is 9.65. The summed E-state index contributed by atoms with van der Waals surface area (Å²) in [4.78, 5) is 10.7. The first-order chi connectivity index (χ1) is 8.66. The first-order valence-corrected chi connectivity index (χ1v) is 5.51. The predicted molar refractivity (Wildman–Crippen MR) is 66.8 cm³/mol. The molecule has 92 valence electrons. The molecule has 5 heteroatoms. The van der Waals surface area contributed by atoms with Gasteiger partial charge in [0.15, 0.2) is 0 Å². The van der Waals surface area contributed by atoms with E-state index < -0.39 is 12.0 Å². The summed E-state index contributed by atoms with van der Waals surface area (Å²) in [6.07, 6.45) is 3.59. The third-order valence-electron chi connectivity index (χ3n) is 2.62. The highest BCUT2D eigenvalue weighted by molar-refractivity contribution is 5.73. The molecule has 0 spiro atoms. The lowest BCUT2D eigenvalue weighted by Gasteiger charge is -2.08. The quantitative estimate of drug-likeness (QED) is 0.839. The van der Waals surface area contributed by atoms with Crippen LogP contribution in [0.15, 0.2) is 42.7 Å². The third-order valence-corrected chi connectivity index (χ3v) is 2.62. The van der Waals surface area contributed by atoms with Crippen LogP contribution in [-0.2, 0) is 11.2 Å². The van der Waals surface area contributed by atoms with Crippen LogP contribution in [0, 0.1) is 0 Å². The highest BCUT2D eigenvalue weighted by atomic mass is 16.4.